The minimum absolute atomic E-state index is 0.158. The quantitative estimate of drug-likeness (QED) is 0.873. The standard InChI is InChI=1S/C13H13F2N3O2/c14-13(15)3-5-17(6-4-13)9-1-2-11-10(7-9)16-8-18(11)12(19)20/h1-2,7-8H,3-6H2,(H,19,20). The molecule has 0 radical (unpaired) electrons. The Labute approximate surface area is 113 Å². The van der Waals surface area contributed by atoms with Gasteiger partial charge in [-0.05, 0) is 18.2 Å². The third kappa shape index (κ3) is 2.19. The van der Waals surface area contributed by atoms with Crippen LogP contribution in [0.25, 0.3) is 11.0 Å². The number of carbonyl (C=O) groups is 1. The first-order valence-corrected chi connectivity index (χ1v) is 6.29. The van der Waals surface area contributed by atoms with Crippen molar-refractivity contribution in [2.75, 3.05) is 18.0 Å². The van der Waals surface area contributed by atoms with E-state index >= 15 is 0 Å². The maximum atomic E-state index is 13.1. The van der Waals surface area contributed by atoms with E-state index in [1.165, 1.54) is 6.33 Å². The first kappa shape index (κ1) is 12.8. The average molecular weight is 281 g/mol. The van der Waals surface area contributed by atoms with Gasteiger partial charge in [-0.25, -0.2) is 23.1 Å². The highest BCUT2D eigenvalue weighted by molar-refractivity contribution is 5.87. The molecule has 0 bridgehead atoms. The van der Waals surface area contributed by atoms with E-state index in [-0.39, 0.29) is 25.9 Å². The molecular formula is C13H13F2N3O2. The minimum Gasteiger partial charge on any atom is -0.464 e. The lowest BCUT2D eigenvalue weighted by Gasteiger charge is -2.33. The molecule has 5 nitrogen and oxygen atoms in total. The van der Waals surface area contributed by atoms with Crippen LogP contribution in [0.4, 0.5) is 19.3 Å². The molecule has 7 heteroatoms. The Morgan fingerprint density at radius 1 is 1.30 bits per heavy atom. The van der Waals surface area contributed by atoms with Crippen LogP contribution >= 0.6 is 0 Å². The number of rotatable bonds is 1. The molecule has 0 atom stereocenters. The van der Waals surface area contributed by atoms with E-state index in [1.807, 2.05) is 4.90 Å². The number of hydrogen-bond acceptors (Lipinski definition) is 3. The molecule has 1 aliphatic heterocycles. The van der Waals surface area contributed by atoms with Crippen molar-refractivity contribution in [1.29, 1.82) is 0 Å². The van der Waals surface area contributed by atoms with Crippen molar-refractivity contribution >= 4 is 22.8 Å². The van der Waals surface area contributed by atoms with Crippen LogP contribution in [0.2, 0.25) is 0 Å². The second-order valence-electron chi connectivity index (χ2n) is 4.91. The summed E-state index contributed by atoms with van der Waals surface area (Å²) in [5.41, 5.74) is 1.83. The van der Waals surface area contributed by atoms with Crippen molar-refractivity contribution in [1.82, 2.24) is 9.55 Å². The molecule has 0 aliphatic carbocycles. The molecule has 1 fully saturated rings. The molecule has 3 rings (SSSR count). The van der Waals surface area contributed by atoms with E-state index in [0.29, 0.717) is 11.0 Å². The molecule has 20 heavy (non-hydrogen) atoms. The topological polar surface area (TPSA) is 58.4 Å². The van der Waals surface area contributed by atoms with Gasteiger partial charge in [-0.15, -0.1) is 0 Å². The predicted octanol–water partition coefficient (Wildman–Crippen LogP) is 2.80. The number of aromatic nitrogens is 2. The first-order valence-electron chi connectivity index (χ1n) is 6.29. The van der Waals surface area contributed by atoms with Crippen LogP contribution < -0.4 is 4.90 Å². The molecule has 1 aromatic heterocycles. The summed E-state index contributed by atoms with van der Waals surface area (Å²) >= 11 is 0. The van der Waals surface area contributed by atoms with Crippen LogP contribution in [0.1, 0.15) is 12.8 Å². The predicted molar refractivity (Wildman–Crippen MR) is 69.5 cm³/mol. The van der Waals surface area contributed by atoms with Crippen LogP contribution in [0.15, 0.2) is 24.5 Å². The lowest BCUT2D eigenvalue weighted by molar-refractivity contribution is -0.0220. The Morgan fingerprint density at radius 3 is 2.65 bits per heavy atom. The number of benzene rings is 1. The number of carboxylic acid groups (broad SMARTS) is 1. The lowest BCUT2D eigenvalue weighted by Crippen LogP contribution is -2.39. The summed E-state index contributed by atoms with van der Waals surface area (Å²) in [6, 6.07) is 5.13. The Morgan fingerprint density at radius 2 is 2.00 bits per heavy atom. The summed E-state index contributed by atoms with van der Waals surface area (Å²) in [4.78, 5) is 16.9. The van der Waals surface area contributed by atoms with Gasteiger partial charge in [-0.3, -0.25) is 0 Å². The van der Waals surface area contributed by atoms with Gasteiger partial charge < -0.3 is 10.0 Å². The van der Waals surface area contributed by atoms with Gasteiger partial charge in [0.05, 0.1) is 11.0 Å². The van der Waals surface area contributed by atoms with Crippen molar-refractivity contribution < 1.29 is 18.7 Å². The zero-order valence-corrected chi connectivity index (χ0v) is 10.6. The minimum atomic E-state index is -2.58. The smallest absolute Gasteiger partial charge is 0.417 e. The second-order valence-corrected chi connectivity index (χ2v) is 4.91. The van der Waals surface area contributed by atoms with Gasteiger partial charge in [0.1, 0.15) is 6.33 Å². The maximum absolute atomic E-state index is 13.1. The summed E-state index contributed by atoms with van der Waals surface area (Å²) < 4.78 is 27.3. The summed E-state index contributed by atoms with van der Waals surface area (Å²) in [7, 11) is 0. The van der Waals surface area contributed by atoms with Crippen molar-refractivity contribution in [3.8, 4) is 0 Å². The highest BCUT2D eigenvalue weighted by atomic mass is 19.3. The fraction of sp³-hybridized carbons (Fsp3) is 0.385. The van der Waals surface area contributed by atoms with Gasteiger partial charge in [0.2, 0.25) is 0 Å². The number of imidazole rings is 1. The van der Waals surface area contributed by atoms with Crippen LogP contribution in [0, 0.1) is 0 Å². The number of hydrogen-bond donors (Lipinski definition) is 1. The Kier molecular flexibility index (Phi) is 2.84. The molecule has 1 aromatic carbocycles. The van der Waals surface area contributed by atoms with Crippen LogP contribution in [0.5, 0.6) is 0 Å². The van der Waals surface area contributed by atoms with Gasteiger partial charge in [0, 0.05) is 31.6 Å². The largest absolute Gasteiger partial charge is 0.464 e. The molecule has 0 spiro atoms. The second kappa shape index (κ2) is 4.43. The molecule has 0 saturated carbocycles. The monoisotopic (exact) mass is 281 g/mol. The molecule has 106 valence electrons. The van der Waals surface area contributed by atoms with Crippen molar-refractivity contribution in [2.45, 2.75) is 18.8 Å². The van der Waals surface area contributed by atoms with E-state index in [0.717, 1.165) is 10.3 Å². The molecule has 0 amide bonds. The number of piperidine rings is 1. The van der Waals surface area contributed by atoms with E-state index in [4.69, 9.17) is 5.11 Å². The highest BCUT2D eigenvalue weighted by Gasteiger charge is 2.34. The molecule has 0 unspecified atom stereocenters. The van der Waals surface area contributed by atoms with Crippen LogP contribution in [-0.2, 0) is 0 Å². The van der Waals surface area contributed by atoms with E-state index in [1.54, 1.807) is 18.2 Å². The molecule has 2 heterocycles. The zero-order chi connectivity index (χ0) is 14.3. The number of halogens is 2. The van der Waals surface area contributed by atoms with E-state index < -0.39 is 12.0 Å². The summed E-state index contributed by atoms with van der Waals surface area (Å²) in [5, 5.41) is 8.98. The lowest BCUT2D eigenvalue weighted by atomic mass is 10.1. The molecule has 1 saturated heterocycles. The van der Waals surface area contributed by atoms with Crippen LogP contribution in [-0.4, -0.2) is 39.8 Å². The van der Waals surface area contributed by atoms with E-state index in [9.17, 15) is 13.6 Å². The summed E-state index contributed by atoms with van der Waals surface area (Å²) in [6.45, 7) is 0.580. The van der Waals surface area contributed by atoms with Crippen LogP contribution in [0.3, 0.4) is 0 Å². The van der Waals surface area contributed by atoms with Crippen molar-refractivity contribution in [3.05, 3.63) is 24.5 Å². The highest BCUT2D eigenvalue weighted by Crippen LogP contribution is 2.31. The van der Waals surface area contributed by atoms with Gasteiger partial charge in [-0.1, -0.05) is 0 Å². The number of anilines is 1. The zero-order valence-electron chi connectivity index (χ0n) is 10.6. The van der Waals surface area contributed by atoms with Gasteiger partial charge in [0.15, 0.2) is 0 Å². The first-order chi connectivity index (χ1) is 9.46. The normalized spacial score (nSPS) is 18.4. The summed E-state index contributed by atoms with van der Waals surface area (Å²) in [6.07, 6.45) is -0.178. The number of alkyl halides is 2. The fourth-order valence-electron chi connectivity index (χ4n) is 2.44. The fourth-order valence-corrected chi connectivity index (χ4v) is 2.44. The average Bonchev–Trinajstić information content (AvgIpc) is 2.81. The number of nitrogens with zero attached hydrogens (tertiary/aromatic N) is 3. The third-order valence-electron chi connectivity index (χ3n) is 3.60. The molecule has 1 aliphatic rings. The molecule has 1 N–H and O–H groups in total. The Bertz CT molecular complexity index is 659. The Hall–Kier alpha value is -2.18. The Balaban J connectivity index is 1.89. The van der Waals surface area contributed by atoms with E-state index in [2.05, 4.69) is 4.98 Å². The summed E-state index contributed by atoms with van der Waals surface area (Å²) in [5.74, 6) is -2.58. The third-order valence-corrected chi connectivity index (χ3v) is 3.60. The van der Waals surface area contributed by atoms with Crippen molar-refractivity contribution in [2.24, 2.45) is 0 Å². The van der Waals surface area contributed by atoms with Gasteiger partial charge >= 0.3 is 6.09 Å². The molecule has 2 aromatic rings. The van der Waals surface area contributed by atoms with Crippen molar-refractivity contribution in [3.63, 3.8) is 0 Å². The SMILES string of the molecule is O=C(O)n1cnc2cc(N3CCC(F)(F)CC3)ccc21. The molecular weight excluding hydrogens is 268 g/mol. The number of fused-ring (bicyclic) bond motifs is 1. The maximum Gasteiger partial charge on any atom is 0.417 e. The van der Waals surface area contributed by atoms with Gasteiger partial charge in [-0.2, -0.15) is 0 Å². The van der Waals surface area contributed by atoms with Gasteiger partial charge in [0.25, 0.3) is 5.92 Å².